The van der Waals surface area contributed by atoms with E-state index in [1.54, 1.807) is 6.07 Å². The molecule has 1 aromatic rings. The molecule has 73 valence electrons. The van der Waals surface area contributed by atoms with Crippen molar-refractivity contribution >= 4 is 10.1 Å². The number of fused-ring (bicyclic) bond motifs is 1. The average molecular weight is 209 g/mol. The minimum atomic E-state index is -4.10. The van der Waals surface area contributed by atoms with E-state index in [4.69, 9.17) is 4.55 Å². The van der Waals surface area contributed by atoms with Crippen LogP contribution in [0, 0.1) is 6.42 Å². The maximum atomic E-state index is 11.0. The van der Waals surface area contributed by atoms with Gasteiger partial charge in [0.2, 0.25) is 0 Å². The quantitative estimate of drug-likeness (QED) is 0.715. The normalized spacial score (nSPS) is 15.2. The van der Waals surface area contributed by atoms with Gasteiger partial charge in [-0.15, -0.1) is 0 Å². The first-order chi connectivity index (χ1) is 6.59. The van der Waals surface area contributed by atoms with Crippen LogP contribution < -0.4 is 0 Å². The Hall–Kier alpha value is -1.13. The fourth-order valence-corrected chi connectivity index (χ4v) is 2.32. The summed E-state index contributed by atoms with van der Waals surface area (Å²) >= 11 is 0. The molecule has 14 heavy (non-hydrogen) atoms. The maximum Gasteiger partial charge on any atom is 0.294 e. The van der Waals surface area contributed by atoms with E-state index in [2.05, 4.69) is 0 Å². The van der Waals surface area contributed by atoms with Crippen LogP contribution >= 0.6 is 0 Å². The molecule has 0 spiro atoms. The maximum absolute atomic E-state index is 11.0. The fourth-order valence-electron chi connectivity index (χ4n) is 1.56. The first kappa shape index (κ1) is 9.43. The average Bonchev–Trinajstić information content (AvgIpc) is 2.15. The zero-order chi connectivity index (χ0) is 10.2. The van der Waals surface area contributed by atoms with Crippen molar-refractivity contribution in [2.24, 2.45) is 0 Å². The van der Waals surface area contributed by atoms with Gasteiger partial charge in [0, 0.05) is 6.42 Å². The number of hydrogen-bond donors (Lipinski definition) is 1. The summed E-state index contributed by atoms with van der Waals surface area (Å²) in [6, 6.07) is 4.87. The van der Waals surface area contributed by atoms with Crippen molar-refractivity contribution in [1.82, 2.24) is 0 Å². The highest BCUT2D eigenvalue weighted by atomic mass is 32.2. The van der Waals surface area contributed by atoms with Crippen molar-refractivity contribution in [3.8, 4) is 0 Å². The summed E-state index contributed by atoms with van der Waals surface area (Å²) in [6.45, 7) is 0. The number of rotatable bonds is 1. The molecule has 0 fully saturated rings. The summed E-state index contributed by atoms with van der Waals surface area (Å²) < 4.78 is 31.0. The highest BCUT2D eigenvalue weighted by molar-refractivity contribution is 7.85. The van der Waals surface area contributed by atoms with Gasteiger partial charge in [0.05, 0.1) is 4.90 Å². The lowest BCUT2D eigenvalue weighted by Gasteiger charge is -2.13. The lowest BCUT2D eigenvalue weighted by Crippen LogP contribution is -2.06. The molecule has 2 rings (SSSR count). The molecule has 0 heterocycles. The fraction of sp³-hybridized carbons (Fsp3) is 0.100. The molecular formula is C10H9O3S. The second-order valence-corrected chi connectivity index (χ2v) is 4.49. The van der Waals surface area contributed by atoms with Gasteiger partial charge in [0.15, 0.2) is 0 Å². The summed E-state index contributed by atoms with van der Waals surface area (Å²) in [5.41, 5.74) is 1.51. The van der Waals surface area contributed by atoms with Gasteiger partial charge < -0.3 is 0 Å². The van der Waals surface area contributed by atoms with Gasteiger partial charge in [0.1, 0.15) is 0 Å². The molecule has 0 amide bonds. The molecule has 0 aromatic heterocycles. The molecule has 1 aromatic carbocycles. The van der Waals surface area contributed by atoms with Crippen LogP contribution in [0.2, 0.25) is 0 Å². The van der Waals surface area contributed by atoms with E-state index in [1.165, 1.54) is 6.07 Å². The molecule has 0 saturated heterocycles. The third kappa shape index (κ3) is 1.58. The summed E-state index contributed by atoms with van der Waals surface area (Å²) in [5, 5.41) is 0. The van der Waals surface area contributed by atoms with Crippen LogP contribution in [0.3, 0.4) is 0 Å². The molecule has 0 saturated carbocycles. The number of benzene rings is 1. The van der Waals surface area contributed by atoms with Crippen LogP contribution in [0.1, 0.15) is 11.1 Å². The predicted molar refractivity (Wildman–Crippen MR) is 52.5 cm³/mol. The second kappa shape index (κ2) is 3.22. The van der Waals surface area contributed by atoms with Gasteiger partial charge in [-0.3, -0.25) is 4.55 Å². The van der Waals surface area contributed by atoms with E-state index in [-0.39, 0.29) is 4.90 Å². The van der Waals surface area contributed by atoms with Crippen LogP contribution in [0.15, 0.2) is 35.2 Å². The molecule has 0 bridgehead atoms. The molecule has 4 heteroatoms. The Morgan fingerprint density at radius 1 is 1.29 bits per heavy atom. The molecule has 1 aliphatic carbocycles. The van der Waals surface area contributed by atoms with E-state index in [1.807, 2.05) is 24.6 Å². The van der Waals surface area contributed by atoms with Crippen molar-refractivity contribution in [2.75, 3.05) is 0 Å². The lowest BCUT2D eigenvalue weighted by molar-refractivity contribution is 0.482. The standard InChI is InChI=1S/C10H9O3S/c11-14(12,13)10-7-3-5-8-4-1-2-6-9(8)10/h1-5,7H,6H2,(H,11,12,13). The molecular weight excluding hydrogens is 200 g/mol. The first-order valence-electron chi connectivity index (χ1n) is 4.18. The van der Waals surface area contributed by atoms with E-state index >= 15 is 0 Å². The summed E-state index contributed by atoms with van der Waals surface area (Å²) in [7, 11) is -4.10. The number of hydrogen-bond acceptors (Lipinski definition) is 2. The Balaban J connectivity index is 2.65. The van der Waals surface area contributed by atoms with E-state index in [0.29, 0.717) is 12.0 Å². The minimum Gasteiger partial charge on any atom is -0.282 e. The Bertz CT molecular complexity index is 486. The number of allylic oxidation sites excluding steroid dienone is 2. The van der Waals surface area contributed by atoms with Crippen LogP contribution in [0.25, 0.3) is 0 Å². The van der Waals surface area contributed by atoms with Crippen molar-refractivity contribution < 1.29 is 13.0 Å². The molecule has 1 aliphatic rings. The zero-order valence-corrected chi connectivity index (χ0v) is 8.16. The van der Waals surface area contributed by atoms with Gasteiger partial charge in [-0.1, -0.05) is 24.3 Å². The Morgan fingerprint density at radius 3 is 2.79 bits per heavy atom. The predicted octanol–water partition coefficient (Wildman–Crippen LogP) is 1.60. The van der Waals surface area contributed by atoms with Gasteiger partial charge in [-0.25, -0.2) is 0 Å². The van der Waals surface area contributed by atoms with Crippen molar-refractivity contribution in [3.63, 3.8) is 0 Å². The van der Waals surface area contributed by atoms with Crippen molar-refractivity contribution in [3.05, 3.63) is 47.9 Å². The summed E-state index contributed by atoms with van der Waals surface area (Å²) in [4.78, 5) is 0.00981. The van der Waals surface area contributed by atoms with Crippen molar-refractivity contribution in [2.45, 2.75) is 11.3 Å². The molecule has 3 nitrogen and oxygen atoms in total. The molecule has 1 radical (unpaired) electrons. The molecule has 0 aliphatic heterocycles. The molecule has 0 atom stereocenters. The third-order valence-corrected chi connectivity index (χ3v) is 3.12. The van der Waals surface area contributed by atoms with E-state index in [0.717, 1.165) is 5.56 Å². The smallest absolute Gasteiger partial charge is 0.282 e. The minimum absolute atomic E-state index is 0.00981. The largest absolute Gasteiger partial charge is 0.294 e. The van der Waals surface area contributed by atoms with Gasteiger partial charge in [0.25, 0.3) is 10.1 Å². The van der Waals surface area contributed by atoms with Gasteiger partial charge in [-0.2, -0.15) is 8.42 Å². The summed E-state index contributed by atoms with van der Waals surface area (Å²) in [5.74, 6) is 0. The van der Waals surface area contributed by atoms with Crippen LogP contribution in [0.5, 0.6) is 0 Å². The topological polar surface area (TPSA) is 54.4 Å². The summed E-state index contributed by atoms with van der Waals surface area (Å²) in [6.07, 6.45) is 6.10. The SMILES string of the molecule is O=S(=O)(O)c1cccc2c1CC=C[CH]2. The second-order valence-electron chi connectivity index (χ2n) is 3.10. The Kier molecular flexibility index (Phi) is 2.17. The highest BCUT2D eigenvalue weighted by Gasteiger charge is 2.18. The first-order valence-corrected chi connectivity index (χ1v) is 5.62. The van der Waals surface area contributed by atoms with Gasteiger partial charge in [-0.05, 0) is 23.6 Å². The van der Waals surface area contributed by atoms with Gasteiger partial charge >= 0.3 is 0 Å². The highest BCUT2D eigenvalue weighted by Crippen LogP contribution is 2.24. The monoisotopic (exact) mass is 209 g/mol. The van der Waals surface area contributed by atoms with Crippen LogP contribution in [-0.4, -0.2) is 13.0 Å². The molecule has 0 unspecified atom stereocenters. The van der Waals surface area contributed by atoms with E-state index in [9.17, 15) is 8.42 Å². The Labute approximate surface area is 82.8 Å². The molecule has 1 N–H and O–H groups in total. The van der Waals surface area contributed by atoms with Crippen molar-refractivity contribution in [1.29, 1.82) is 0 Å². The van der Waals surface area contributed by atoms with Crippen LogP contribution in [0.4, 0.5) is 0 Å². The van der Waals surface area contributed by atoms with E-state index < -0.39 is 10.1 Å². The lowest BCUT2D eigenvalue weighted by atomic mass is 9.97. The zero-order valence-electron chi connectivity index (χ0n) is 7.34. The van der Waals surface area contributed by atoms with Crippen LogP contribution in [-0.2, 0) is 16.5 Å². The third-order valence-electron chi connectivity index (χ3n) is 2.18. The Morgan fingerprint density at radius 2 is 2.07 bits per heavy atom.